The molecule has 3 heteroatoms. The van der Waals surface area contributed by atoms with E-state index in [0.717, 1.165) is 19.4 Å². The number of rotatable bonds is 3. The Bertz CT molecular complexity index is 650. The van der Waals surface area contributed by atoms with Gasteiger partial charge in [-0.1, -0.05) is 23.9 Å². The van der Waals surface area contributed by atoms with Crippen LogP contribution in [-0.4, -0.2) is 6.54 Å². The molecule has 0 atom stereocenters. The molecule has 0 bridgehead atoms. The van der Waals surface area contributed by atoms with Crippen LogP contribution in [0.4, 0.5) is 11.4 Å². The van der Waals surface area contributed by atoms with E-state index < -0.39 is 0 Å². The first-order valence-electron chi connectivity index (χ1n) is 7.07. The number of hydrogen-bond acceptors (Lipinski definition) is 3. The monoisotopic (exact) mass is 284 g/mol. The minimum absolute atomic E-state index is 0.742. The highest BCUT2D eigenvalue weighted by Crippen LogP contribution is 2.47. The molecule has 104 valence electrons. The summed E-state index contributed by atoms with van der Waals surface area (Å²) >= 11 is 1.86. The van der Waals surface area contributed by atoms with Crippen LogP contribution in [0.2, 0.25) is 0 Å². The van der Waals surface area contributed by atoms with E-state index in [1.54, 1.807) is 0 Å². The molecule has 3 rings (SSSR count). The average molecular weight is 284 g/mol. The lowest BCUT2D eigenvalue weighted by molar-refractivity contribution is 0.825. The molecule has 2 aromatic carbocycles. The fourth-order valence-electron chi connectivity index (χ4n) is 2.67. The molecule has 20 heavy (non-hydrogen) atoms. The first-order chi connectivity index (χ1) is 9.70. The van der Waals surface area contributed by atoms with Crippen molar-refractivity contribution in [2.45, 2.75) is 36.5 Å². The van der Waals surface area contributed by atoms with Crippen molar-refractivity contribution in [3.8, 4) is 0 Å². The Morgan fingerprint density at radius 1 is 1.15 bits per heavy atom. The van der Waals surface area contributed by atoms with E-state index in [1.165, 1.54) is 37.9 Å². The minimum atomic E-state index is 0.742. The van der Waals surface area contributed by atoms with Crippen LogP contribution < -0.4 is 11.1 Å². The van der Waals surface area contributed by atoms with Gasteiger partial charge in [0, 0.05) is 9.79 Å². The van der Waals surface area contributed by atoms with Gasteiger partial charge in [0.15, 0.2) is 0 Å². The Morgan fingerprint density at radius 2 is 1.95 bits per heavy atom. The van der Waals surface area contributed by atoms with Gasteiger partial charge in [0.25, 0.3) is 0 Å². The van der Waals surface area contributed by atoms with Gasteiger partial charge < -0.3 is 11.1 Å². The zero-order chi connectivity index (χ0) is 14.1. The van der Waals surface area contributed by atoms with Crippen molar-refractivity contribution in [3.63, 3.8) is 0 Å². The Kier molecular flexibility index (Phi) is 3.72. The summed E-state index contributed by atoms with van der Waals surface area (Å²) < 4.78 is 0. The summed E-state index contributed by atoms with van der Waals surface area (Å²) in [5.41, 5.74) is 12.4. The highest BCUT2D eigenvalue weighted by atomic mass is 32.2. The third kappa shape index (κ3) is 2.32. The van der Waals surface area contributed by atoms with Crippen LogP contribution in [0.15, 0.2) is 40.1 Å². The standard InChI is InChI=1S/C17H20N2S/c1-11-10-16-17(13(12(11)2)6-5-9-18)19-14-7-3-4-8-15(14)20-16/h3-4,7-8,10,19H,5-6,9,18H2,1-2H3. The van der Waals surface area contributed by atoms with Crippen molar-refractivity contribution < 1.29 is 0 Å². The molecular weight excluding hydrogens is 264 g/mol. The normalized spacial score (nSPS) is 12.6. The molecule has 0 saturated carbocycles. The van der Waals surface area contributed by atoms with Crippen molar-refractivity contribution in [2.24, 2.45) is 5.73 Å². The van der Waals surface area contributed by atoms with Crippen molar-refractivity contribution in [1.29, 1.82) is 0 Å². The van der Waals surface area contributed by atoms with Gasteiger partial charge in [-0.05, 0) is 68.1 Å². The second-order valence-electron chi connectivity index (χ2n) is 5.29. The molecule has 0 saturated heterocycles. The molecule has 2 nitrogen and oxygen atoms in total. The molecule has 1 aliphatic rings. The van der Waals surface area contributed by atoms with Gasteiger partial charge in [-0.3, -0.25) is 0 Å². The van der Waals surface area contributed by atoms with Gasteiger partial charge >= 0.3 is 0 Å². The lowest BCUT2D eigenvalue weighted by Gasteiger charge is -2.25. The van der Waals surface area contributed by atoms with Crippen molar-refractivity contribution in [3.05, 3.63) is 47.0 Å². The van der Waals surface area contributed by atoms with E-state index in [4.69, 9.17) is 5.73 Å². The first-order valence-corrected chi connectivity index (χ1v) is 7.89. The van der Waals surface area contributed by atoms with Crippen molar-refractivity contribution in [2.75, 3.05) is 11.9 Å². The Hall–Kier alpha value is -1.45. The van der Waals surface area contributed by atoms with Crippen LogP contribution in [0, 0.1) is 13.8 Å². The van der Waals surface area contributed by atoms with E-state index in [1.807, 2.05) is 11.8 Å². The van der Waals surface area contributed by atoms with Crippen LogP contribution in [0.25, 0.3) is 0 Å². The number of hydrogen-bond donors (Lipinski definition) is 2. The van der Waals surface area contributed by atoms with Gasteiger partial charge in [0.1, 0.15) is 0 Å². The predicted octanol–water partition coefficient (Wildman–Crippen LogP) is 4.40. The molecule has 3 N–H and O–H groups in total. The fraction of sp³-hybridized carbons (Fsp3) is 0.294. The van der Waals surface area contributed by atoms with E-state index >= 15 is 0 Å². The summed E-state index contributed by atoms with van der Waals surface area (Å²) in [4.78, 5) is 2.63. The number of para-hydroxylation sites is 1. The molecule has 0 amide bonds. The first kappa shape index (κ1) is 13.5. The number of anilines is 2. The highest BCUT2D eigenvalue weighted by Gasteiger charge is 2.20. The summed E-state index contributed by atoms with van der Waals surface area (Å²) in [5.74, 6) is 0. The molecule has 2 aromatic rings. The van der Waals surface area contributed by atoms with Crippen LogP contribution in [0.1, 0.15) is 23.1 Å². The SMILES string of the molecule is Cc1cc2c(c(CCCN)c1C)Nc1ccccc1S2. The van der Waals surface area contributed by atoms with Crippen LogP contribution in [-0.2, 0) is 6.42 Å². The number of fused-ring (bicyclic) bond motifs is 2. The molecule has 0 radical (unpaired) electrons. The number of nitrogens with two attached hydrogens (primary N) is 1. The molecule has 1 heterocycles. The van der Waals surface area contributed by atoms with Crippen LogP contribution in [0.3, 0.4) is 0 Å². The molecule has 0 unspecified atom stereocenters. The Morgan fingerprint density at radius 3 is 2.75 bits per heavy atom. The maximum atomic E-state index is 5.69. The number of benzene rings is 2. The summed E-state index contributed by atoms with van der Waals surface area (Å²) in [5, 5.41) is 3.62. The Balaban J connectivity index is 2.08. The zero-order valence-electron chi connectivity index (χ0n) is 12.0. The summed E-state index contributed by atoms with van der Waals surface area (Å²) in [6.07, 6.45) is 2.08. The minimum Gasteiger partial charge on any atom is -0.353 e. The maximum Gasteiger partial charge on any atom is 0.0561 e. The second-order valence-corrected chi connectivity index (χ2v) is 6.37. The molecular formula is C17H20N2S. The van der Waals surface area contributed by atoms with E-state index in [9.17, 15) is 0 Å². The summed E-state index contributed by atoms with van der Waals surface area (Å²) in [6, 6.07) is 10.8. The largest absolute Gasteiger partial charge is 0.353 e. The summed E-state index contributed by atoms with van der Waals surface area (Å²) in [7, 11) is 0. The Labute approximate surface area is 124 Å². The van der Waals surface area contributed by atoms with Gasteiger partial charge in [-0.25, -0.2) is 0 Å². The third-order valence-electron chi connectivity index (χ3n) is 3.94. The van der Waals surface area contributed by atoms with Crippen LogP contribution >= 0.6 is 11.8 Å². The van der Waals surface area contributed by atoms with Gasteiger partial charge in [0.2, 0.25) is 0 Å². The van der Waals surface area contributed by atoms with Crippen molar-refractivity contribution in [1.82, 2.24) is 0 Å². The third-order valence-corrected chi connectivity index (χ3v) is 5.06. The molecule has 0 aliphatic carbocycles. The molecule has 1 aliphatic heterocycles. The quantitative estimate of drug-likeness (QED) is 0.748. The van der Waals surface area contributed by atoms with Crippen LogP contribution in [0.5, 0.6) is 0 Å². The van der Waals surface area contributed by atoms with Gasteiger partial charge in [-0.2, -0.15) is 0 Å². The smallest absolute Gasteiger partial charge is 0.0561 e. The van der Waals surface area contributed by atoms with Crippen molar-refractivity contribution >= 4 is 23.1 Å². The predicted molar refractivity (Wildman–Crippen MR) is 87.1 cm³/mol. The molecule has 0 fully saturated rings. The number of aryl methyl sites for hydroxylation is 1. The molecule has 0 spiro atoms. The van der Waals surface area contributed by atoms with E-state index in [2.05, 4.69) is 49.5 Å². The molecule has 0 aromatic heterocycles. The summed E-state index contributed by atoms with van der Waals surface area (Å²) in [6.45, 7) is 5.16. The average Bonchev–Trinajstić information content (AvgIpc) is 2.46. The number of nitrogens with one attached hydrogen (secondary N) is 1. The van der Waals surface area contributed by atoms with Gasteiger partial charge in [-0.15, -0.1) is 0 Å². The maximum absolute atomic E-state index is 5.69. The topological polar surface area (TPSA) is 38.0 Å². The fourth-order valence-corrected chi connectivity index (χ4v) is 3.80. The van der Waals surface area contributed by atoms with E-state index in [-0.39, 0.29) is 0 Å². The lowest BCUT2D eigenvalue weighted by atomic mass is 9.97. The van der Waals surface area contributed by atoms with Gasteiger partial charge in [0.05, 0.1) is 11.4 Å². The second kappa shape index (κ2) is 5.51. The zero-order valence-corrected chi connectivity index (χ0v) is 12.8. The van der Waals surface area contributed by atoms with E-state index in [0.29, 0.717) is 0 Å². The highest BCUT2D eigenvalue weighted by molar-refractivity contribution is 7.99. The lowest BCUT2D eigenvalue weighted by Crippen LogP contribution is -2.08.